The highest BCUT2D eigenvalue weighted by molar-refractivity contribution is 6.33. The monoisotopic (exact) mass is 224 g/mol. The van der Waals surface area contributed by atoms with E-state index in [-0.39, 0.29) is 5.91 Å². The van der Waals surface area contributed by atoms with E-state index in [1.165, 1.54) is 0 Å². The molecule has 1 aliphatic rings. The number of anilines is 1. The van der Waals surface area contributed by atoms with E-state index in [4.69, 9.17) is 17.3 Å². The maximum absolute atomic E-state index is 11.4. The largest absolute Gasteiger partial charge is 0.398 e. The lowest BCUT2D eigenvalue weighted by Crippen LogP contribution is -2.23. The number of nitrogens with two attached hydrogens (primary N) is 1. The van der Waals surface area contributed by atoms with Gasteiger partial charge in [-0.3, -0.25) is 4.79 Å². The number of hydrogen-bond donors (Lipinski definition) is 1. The Hall–Kier alpha value is -1.22. The van der Waals surface area contributed by atoms with Crippen LogP contribution >= 0.6 is 11.6 Å². The van der Waals surface area contributed by atoms with E-state index in [1.54, 1.807) is 6.07 Å². The molecule has 0 saturated carbocycles. The van der Waals surface area contributed by atoms with Crippen molar-refractivity contribution in [2.24, 2.45) is 0 Å². The molecule has 1 heterocycles. The van der Waals surface area contributed by atoms with E-state index in [0.29, 0.717) is 23.7 Å². The van der Waals surface area contributed by atoms with E-state index in [0.717, 1.165) is 18.5 Å². The topological polar surface area (TPSA) is 46.3 Å². The number of carbonyl (C=O) groups excluding carboxylic acids is 1. The van der Waals surface area contributed by atoms with Crippen molar-refractivity contribution in [1.82, 2.24) is 4.90 Å². The fourth-order valence-corrected chi connectivity index (χ4v) is 1.90. The molecule has 15 heavy (non-hydrogen) atoms. The number of rotatable bonds is 2. The molecule has 0 aliphatic carbocycles. The average Bonchev–Trinajstić information content (AvgIpc) is 2.59. The minimum Gasteiger partial charge on any atom is -0.398 e. The number of carbonyl (C=O) groups is 1. The molecule has 4 heteroatoms. The van der Waals surface area contributed by atoms with Gasteiger partial charge in [-0.05, 0) is 24.1 Å². The first-order chi connectivity index (χ1) is 7.16. The van der Waals surface area contributed by atoms with Crippen LogP contribution in [-0.2, 0) is 11.3 Å². The van der Waals surface area contributed by atoms with Crippen molar-refractivity contribution >= 4 is 23.2 Å². The lowest BCUT2D eigenvalue weighted by molar-refractivity contribution is -0.128. The summed E-state index contributed by atoms with van der Waals surface area (Å²) in [5.41, 5.74) is 7.30. The van der Waals surface area contributed by atoms with Gasteiger partial charge in [0.15, 0.2) is 0 Å². The second-order valence-corrected chi connectivity index (χ2v) is 4.18. The zero-order valence-corrected chi connectivity index (χ0v) is 9.13. The number of amides is 1. The summed E-state index contributed by atoms with van der Waals surface area (Å²) in [6.07, 6.45) is 1.63. The predicted molar refractivity (Wildman–Crippen MR) is 60.5 cm³/mol. The molecule has 1 saturated heterocycles. The standard InChI is InChI=1S/C11H13ClN2O/c12-9-4-3-8(6-10(9)13)7-14-5-1-2-11(14)15/h3-4,6H,1-2,5,7,13H2. The minimum atomic E-state index is 0.225. The highest BCUT2D eigenvalue weighted by atomic mass is 35.5. The summed E-state index contributed by atoms with van der Waals surface area (Å²) < 4.78 is 0. The van der Waals surface area contributed by atoms with Gasteiger partial charge in [0.1, 0.15) is 0 Å². The SMILES string of the molecule is Nc1cc(CN2CCCC2=O)ccc1Cl. The fourth-order valence-electron chi connectivity index (χ4n) is 1.78. The Morgan fingerprint density at radius 3 is 2.87 bits per heavy atom. The molecule has 0 atom stereocenters. The number of benzene rings is 1. The average molecular weight is 225 g/mol. The first-order valence-electron chi connectivity index (χ1n) is 4.98. The third-order valence-corrected chi connectivity index (χ3v) is 2.95. The first-order valence-corrected chi connectivity index (χ1v) is 5.36. The maximum Gasteiger partial charge on any atom is 0.222 e. The lowest BCUT2D eigenvalue weighted by Gasteiger charge is -2.15. The Morgan fingerprint density at radius 2 is 2.27 bits per heavy atom. The summed E-state index contributed by atoms with van der Waals surface area (Å²) in [5.74, 6) is 0.225. The summed E-state index contributed by atoms with van der Waals surface area (Å²) >= 11 is 5.82. The van der Waals surface area contributed by atoms with E-state index >= 15 is 0 Å². The molecule has 0 unspecified atom stereocenters. The van der Waals surface area contributed by atoms with Crippen LogP contribution in [0.3, 0.4) is 0 Å². The molecule has 1 fully saturated rings. The van der Waals surface area contributed by atoms with Crippen LogP contribution in [-0.4, -0.2) is 17.4 Å². The molecule has 1 aliphatic heterocycles. The van der Waals surface area contributed by atoms with Crippen molar-refractivity contribution in [3.8, 4) is 0 Å². The second-order valence-electron chi connectivity index (χ2n) is 3.77. The molecule has 0 radical (unpaired) electrons. The second kappa shape index (κ2) is 4.11. The van der Waals surface area contributed by atoms with Gasteiger partial charge in [0, 0.05) is 19.5 Å². The van der Waals surface area contributed by atoms with E-state index in [9.17, 15) is 4.79 Å². The van der Waals surface area contributed by atoms with Gasteiger partial charge in [-0.1, -0.05) is 17.7 Å². The van der Waals surface area contributed by atoms with Crippen LogP contribution in [0, 0.1) is 0 Å². The molecule has 2 rings (SSSR count). The summed E-state index contributed by atoms with van der Waals surface area (Å²) in [6.45, 7) is 1.49. The van der Waals surface area contributed by atoms with Crippen molar-refractivity contribution in [2.75, 3.05) is 12.3 Å². The summed E-state index contributed by atoms with van der Waals surface area (Å²) in [4.78, 5) is 13.2. The van der Waals surface area contributed by atoms with Crippen LogP contribution in [0.2, 0.25) is 5.02 Å². The minimum absolute atomic E-state index is 0.225. The third-order valence-electron chi connectivity index (χ3n) is 2.61. The molecule has 1 aromatic carbocycles. The molecule has 1 aromatic rings. The van der Waals surface area contributed by atoms with Crippen molar-refractivity contribution in [3.63, 3.8) is 0 Å². The molecule has 0 spiro atoms. The van der Waals surface area contributed by atoms with Gasteiger partial charge in [0.2, 0.25) is 5.91 Å². The Bertz CT molecular complexity index is 392. The van der Waals surface area contributed by atoms with Gasteiger partial charge in [-0.25, -0.2) is 0 Å². The van der Waals surface area contributed by atoms with Gasteiger partial charge in [-0.15, -0.1) is 0 Å². The number of halogens is 1. The van der Waals surface area contributed by atoms with Crippen LogP contribution in [0.5, 0.6) is 0 Å². The van der Waals surface area contributed by atoms with E-state index < -0.39 is 0 Å². The predicted octanol–water partition coefficient (Wildman–Crippen LogP) is 2.04. The molecular weight excluding hydrogens is 212 g/mol. The van der Waals surface area contributed by atoms with E-state index in [1.807, 2.05) is 17.0 Å². The molecule has 2 N–H and O–H groups in total. The van der Waals surface area contributed by atoms with Gasteiger partial charge < -0.3 is 10.6 Å². The van der Waals surface area contributed by atoms with Crippen molar-refractivity contribution in [1.29, 1.82) is 0 Å². The van der Waals surface area contributed by atoms with Crippen molar-refractivity contribution in [2.45, 2.75) is 19.4 Å². The van der Waals surface area contributed by atoms with Gasteiger partial charge in [-0.2, -0.15) is 0 Å². The Balaban J connectivity index is 2.10. The summed E-state index contributed by atoms with van der Waals surface area (Å²) in [5, 5.41) is 0.562. The highest BCUT2D eigenvalue weighted by Gasteiger charge is 2.19. The van der Waals surface area contributed by atoms with Crippen molar-refractivity contribution < 1.29 is 4.79 Å². The van der Waals surface area contributed by atoms with E-state index in [2.05, 4.69) is 0 Å². The number of likely N-dealkylation sites (tertiary alicyclic amines) is 1. The smallest absolute Gasteiger partial charge is 0.222 e. The first kappa shape index (κ1) is 10.3. The van der Waals surface area contributed by atoms with Gasteiger partial charge in [0.05, 0.1) is 10.7 Å². The third kappa shape index (κ3) is 2.23. The molecule has 3 nitrogen and oxygen atoms in total. The number of nitrogen functional groups attached to an aromatic ring is 1. The van der Waals surface area contributed by atoms with Crippen LogP contribution < -0.4 is 5.73 Å². The zero-order valence-electron chi connectivity index (χ0n) is 8.37. The van der Waals surface area contributed by atoms with Crippen LogP contribution in [0.4, 0.5) is 5.69 Å². The normalized spacial score (nSPS) is 16.1. The Kier molecular flexibility index (Phi) is 2.82. The molecule has 0 aromatic heterocycles. The molecule has 80 valence electrons. The van der Waals surface area contributed by atoms with Crippen LogP contribution in [0.25, 0.3) is 0 Å². The Labute approximate surface area is 93.8 Å². The van der Waals surface area contributed by atoms with Gasteiger partial charge >= 0.3 is 0 Å². The lowest BCUT2D eigenvalue weighted by atomic mass is 10.2. The fraction of sp³-hybridized carbons (Fsp3) is 0.364. The quantitative estimate of drug-likeness (QED) is 0.782. The molecular formula is C11H13ClN2O. The number of nitrogens with zero attached hydrogens (tertiary/aromatic N) is 1. The van der Waals surface area contributed by atoms with Crippen molar-refractivity contribution in [3.05, 3.63) is 28.8 Å². The number of hydrogen-bond acceptors (Lipinski definition) is 2. The zero-order chi connectivity index (χ0) is 10.8. The van der Waals surface area contributed by atoms with Gasteiger partial charge in [0.25, 0.3) is 0 Å². The summed E-state index contributed by atoms with van der Waals surface area (Å²) in [7, 11) is 0. The maximum atomic E-state index is 11.4. The Morgan fingerprint density at radius 1 is 1.47 bits per heavy atom. The molecule has 1 amide bonds. The molecule has 0 bridgehead atoms. The highest BCUT2D eigenvalue weighted by Crippen LogP contribution is 2.21. The summed E-state index contributed by atoms with van der Waals surface area (Å²) in [6, 6.07) is 5.50. The van der Waals surface area contributed by atoms with Crippen LogP contribution in [0.15, 0.2) is 18.2 Å². The van der Waals surface area contributed by atoms with Crippen LogP contribution in [0.1, 0.15) is 18.4 Å².